The van der Waals surface area contributed by atoms with Gasteiger partial charge in [0.2, 0.25) is 0 Å². The molecule has 0 radical (unpaired) electrons. The molecule has 5 saturated heterocycles. The number of rotatable bonds is 47. The second kappa shape index (κ2) is 72.3. The quantitative estimate of drug-likeness (QED) is 0.0155. The number of hydrogen-bond acceptors (Lipinski definition) is 32. The fraction of sp³-hybridized carbons (Fsp3) is 0.529. The predicted molar refractivity (Wildman–Crippen MR) is 553 cm³/mol. The van der Waals surface area contributed by atoms with E-state index in [1.165, 1.54) is 132 Å². The maximum Gasteiger partial charge on any atom is 0.495 e. The summed E-state index contributed by atoms with van der Waals surface area (Å²) in [5.74, 6) is -2.61. The van der Waals surface area contributed by atoms with Crippen LogP contribution in [0.2, 0.25) is 0 Å². The first-order valence-corrected chi connectivity index (χ1v) is 48.9. The Hall–Kier alpha value is -7.56. The Morgan fingerprint density at radius 1 is 0.300 bits per heavy atom. The second-order valence-corrected chi connectivity index (χ2v) is 36.2. The van der Waals surface area contributed by atoms with Crippen molar-refractivity contribution in [1.29, 1.82) is 0 Å². The third kappa shape index (κ3) is 48.0. The van der Waals surface area contributed by atoms with E-state index in [0.29, 0.717) is 92.8 Å². The standard InChI is InChI=1S/C15H22BFO4.C15H24BFO4.C14H20BFO4.C13H18BFO4.C12H16BFO4.C11H14BFO4.2C11H16BFO4/c1-14(2)15(3,4)21-16(20-14)13-7-6-12(17)8-11(13)9-19-10-18-5;1-11(2)20-16(21-12(3)4)15-7-6-14(17)8-13(15)9-19-10-18-5;1-14(2)8-19-15(20-9-14)13-5-4-12(16)6-11(13)7-18-10-17-3;1-16-10-17-9-11-8-12(15)4-5-13(11)14-18-6-2-3-7-19-14;1-15-9-16-8-10-7-11(14)3-4-12(10)13-17-5-2-6-18-13;1-14-8-15-7-9-6-10(13)2-3-11(9)12-16-4-5-17-12;1-14-8-17-7-9-6-10(13)4-5-11(9)12(15-2)16-3;1-3-16-8(2)17-7-9-6-10(13)4-5-11(9)12(14)15/h6-8H,9-10H2,1-5H3;6-8,11-12H,9-10H2,1-5H3;4-6H,7-10H2,1-3H3;4-5,8H,2-3,6-7,9-10H2,1H3;3-4,7H,2,5-6,8-9H2,1H3;2-3,6H,4-5,7-8H2,1H3;4-6H,7-8H2,1-3H3;4-6,8,14-15H,3,7H2,1-2H3. The lowest BCUT2D eigenvalue weighted by Gasteiger charge is -2.33. The average molecular weight is 2120 g/mol. The van der Waals surface area contributed by atoms with Crippen LogP contribution in [-0.4, -0.2) is 268 Å². The number of halogens is 8. The fourth-order valence-corrected chi connectivity index (χ4v) is 14.5. The van der Waals surface area contributed by atoms with E-state index in [-0.39, 0.29) is 164 Å². The van der Waals surface area contributed by atoms with Crippen LogP contribution in [0.5, 0.6) is 0 Å². The third-order valence-electron chi connectivity index (χ3n) is 22.2. The molecule has 5 aliphatic heterocycles. The molecule has 0 aromatic heterocycles. The molecule has 826 valence electrons. The van der Waals surface area contributed by atoms with Crippen LogP contribution in [0, 0.1) is 52.0 Å². The van der Waals surface area contributed by atoms with Crippen LogP contribution in [-0.2, 0) is 194 Å². The van der Waals surface area contributed by atoms with Gasteiger partial charge in [0, 0.05) is 128 Å². The molecule has 0 aliphatic carbocycles. The van der Waals surface area contributed by atoms with Crippen molar-refractivity contribution in [2.45, 2.75) is 185 Å². The van der Waals surface area contributed by atoms with Gasteiger partial charge in [-0.05, 0) is 274 Å². The van der Waals surface area contributed by atoms with Gasteiger partial charge in [0.05, 0.1) is 77.3 Å². The lowest BCUT2D eigenvalue weighted by Crippen LogP contribution is -2.48. The molecule has 2 N–H and O–H groups in total. The highest BCUT2D eigenvalue weighted by Crippen LogP contribution is 2.37. The van der Waals surface area contributed by atoms with Crippen LogP contribution in [0.25, 0.3) is 0 Å². The van der Waals surface area contributed by atoms with Crippen LogP contribution < -0.4 is 43.7 Å². The van der Waals surface area contributed by atoms with E-state index in [1.54, 1.807) is 84.9 Å². The summed E-state index contributed by atoms with van der Waals surface area (Å²) in [6, 6.07) is 35.2. The predicted octanol–water partition coefficient (Wildman–Crippen LogP) is 11.0. The maximum atomic E-state index is 13.5. The summed E-state index contributed by atoms with van der Waals surface area (Å²) >= 11 is 0. The van der Waals surface area contributed by atoms with Crippen molar-refractivity contribution in [3.05, 3.63) is 237 Å². The fourth-order valence-electron chi connectivity index (χ4n) is 14.5. The van der Waals surface area contributed by atoms with Gasteiger partial charge in [-0.1, -0.05) is 62.4 Å². The van der Waals surface area contributed by atoms with Gasteiger partial charge >= 0.3 is 56.9 Å². The SMILES string of the molecule is CCOC(C)OCc1cc(F)ccc1B(O)O.COCOCc1cc(F)ccc1B(OC(C)C)OC(C)C.COCOCc1cc(F)ccc1B(OC)OC.COCOCc1cc(F)ccc1B1OC(C)(C)C(C)(C)O1.COCOCc1cc(F)ccc1B1OCC(C)(C)CO1.COCOCc1cc(F)ccc1B1OCCCCO1.COCOCc1cc(F)ccc1B1OCCCO1.COCOCc1cc(F)ccc1B1OCCO1. The van der Waals surface area contributed by atoms with E-state index in [0.717, 1.165) is 68.6 Å². The minimum atomic E-state index is -1.64. The van der Waals surface area contributed by atoms with Crippen LogP contribution in [0.15, 0.2) is 146 Å². The Bertz CT molecular complexity index is 4910. The molecule has 5 aliphatic rings. The Morgan fingerprint density at radius 2 is 0.547 bits per heavy atom. The van der Waals surface area contributed by atoms with Crippen LogP contribution in [0.1, 0.15) is 147 Å². The van der Waals surface area contributed by atoms with Gasteiger partial charge in [0.15, 0.2) is 6.29 Å². The Kier molecular flexibility index (Phi) is 63.2. The molecule has 5 fully saturated rings. The highest BCUT2D eigenvalue weighted by molar-refractivity contribution is 6.65. The van der Waals surface area contributed by atoms with Crippen molar-refractivity contribution in [3.63, 3.8) is 0 Å². The molecule has 8 aromatic rings. The summed E-state index contributed by atoms with van der Waals surface area (Å²) in [4.78, 5) is 0. The van der Waals surface area contributed by atoms with Gasteiger partial charge in [0.1, 0.15) is 94.1 Å². The van der Waals surface area contributed by atoms with E-state index < -0.39 is 80.3 Å². The summed E-state index contributed by atoms with van der Waals surface area (Å²) in [6.45, 7) is 31.8. The Morgan fingerprint density at radius 3 is 0.827 bits per heavy atom. The van der Waals surface area contributed by atoms with Crippen molar-refractivity contribution in [2.75, 3.05) is 171 Å². The molecular formula is C102H146B8F8O32. The maximum absolute atomic E-state index is 13.5. The molecule has 0 bridgehead atoms. The van der Waals surface area contributed by atoms with Crippen LogP contribution in [0.4, 0.5) is 35.1 Å². The van der Waals surface area contributed by atoms with Gasteiger partial charge in [0.25, 0.3) is 0 Å². The van der Waals surface area contributed by atoms with Crippen molar-refractivity contribution in [1.82, 2.24) is 0 Å². The summed E-state index contributed by atoms with van der Waals surface area (Å²) in [6.07, 6.45) is 2.40. The first-order chi connectivity index (χ1) is 71.9. The van der Waals surface area contributed by atoms with Gasteiger partial charge in [-0.15, -0.1) is 0 Å². The van der Waals surface area contributed by atoms with E-state index >= 15 is 0 Å². The minimum absolute atomic E-state index is 0.00322. The monoisotopic (exact) mass is 2120 g/mol. The van der Waals surface area contributed by atoms with Gasteiger partial charge < -0.3 is 151 Å². The molecule has 13 rings (SSSR count). The Labute approximate surface area is 880 Å². The van der Waals surface area contributed by atoms with Crippen molar-refractivity contribution in [2.24, 2.45) is 5.41 Å². The van der Waals surface area contributed by atoms with E-state index in [1.807, 2.05) is 62.3 Å². The van der Waals surface area contributed by atoms with Gasteiger partial charge in [-0.3, -0.25) is 0 Å². The van der Waals surface area contributed by atoms with Crippen molar-refractivity contribution < 1.29 is 186 Å². The zero-order valence-electron chi connectivity index (χ0n) is 90.0. The number of hydrogen-bond donors (Lipinski definition) is 2. The van der Waals surface area contributed by atoms with Crippen LogP contribution in [0.3, 0.4) is 0 Å². The van der Waals surface area contributed by atoms with Crippen molar-refractivity contribution >= 4 is 101 Å². The molecule has 1 atom stereocenters. The molecule has 32 nitrogen and oxygen atoms in total. The smallest absolute Gasteiger partial charge is 0.423 e. The highest BCUT2D eigenvalue weighted by Gasteiger charge is 2.52. The minimum Gasteiger partial charge on any atom is -0.423 e. The summed E-state index contributed by atoms with van der Waals surface area (Å²) in [7, 11) is 8.82. The zero-order chi connectivity index (χ0) is 110. The normalized spacial score (nSPS) is 15.2. The first-order valence-electron chi connectivity index (χ1n) is 48.9. The van der Waals surface area contributed by atoms with E-state index in [2.05, 4.69) is 13.8 Å². The van der Waals surface area contributed by atoms with E-state index in [9.17, 15) is 35.1 Å². The largest absolute Gasteiger partial charge is 0.495 e. The average Bonchev–Trinajstić information content (AvgIpc) is 1.61. The summed E-state index contributed by atoms with van der Waals surface area (Å²) in [5, 5.41) is 18.2. The zero-order valence-corrected chi connectivity index (χ0v) is 90.0. The third-order valence-corrected chi connectivity index (χ3v) is 22.2. The van der Waals surface area contributed by atoms with Crippen LogP contribution >= 0.6 is 0 Å². The van der Waals surface area contributed by atoms with E-state index in [4.69, 9.17) is 151 Å². The molecule has 48 heteroatoms. The molecule has 0 saturated carbocycles. The summed E-state index contributed by atoms with van der Waals surface area (Å²) < 4.78 is 266. The second-order valence-electron chi connectivity index (χ2n) is 36.2. The van der Waals surface area contributed by atoms with Gasteiger partial charge in [-0.25, -0.2) is 35.1 Å². The molecular weight excluding hydrogens is 1980 g/mol. The highest BCUT2D eigenvalue weighted by atomic mass is 19.2. The molecule has 150 heavy (non-hydrogen) atoms. The number of benzene rings is 8. The number of methoxy groups -OCH3 is 7. The molecule has 1 unspecified atom stereocenters. The first kappa shape index (κ1) is 131. The lowest BCUT2D eigenvalue weighted by molar-refractivity contribution is -0.134. The summed E-state index contributed by atoms with van der Waals surface area (Å²) in [5.41, 5.74) is 10.2. The number of ether oxygens (including phenoxy) is 16. The molecule has 8 aromatic carbocycles. The van der Waals surface area contributed by atoms with Crippen molar-refractivity contribution in [3.8, 4) is 0 Å². The van der Waals surface area contributed by atoms with Gasteiger partial charge in [-0.2, -0.15) is 0 Å². The topological polar surface area (TPSA) is 317 Å². The lowest BCUT2D eigenvalue weighted by atomic mass is 9.73. The molecule has 5 heterocycles. The Balaban J connectivity index is 0.000000262. The molecule has 0 spiro atoms. The molecule has 0 amide bonds.